The van der Waals surface area contributed by atoms with Crippen molar-refractivity contribution in [1.82, 2.24) is 10.2 Å². The largest absolute Gasteiger partial charge is 0.444 e. The normalized spacial score (nSPS) is 13.5. The summed E-state index contributed by atoms with van der Waals surface area (Å²) in [5, 5.41) is 3.08. The van der Waals surface area contributed by atoms with E-state index in [1.54, 1.807) is 11.9 Å². The first-order chi connectivity index (χ1) is 6.76. The molecule has 0 spiro atoms. The van der Waals surface area contributed by atoms with Crippen molar-refractivity contribution in [1.29, 1.82) is 0 Å². The van der Waals surface area contributed by atoms with Crippen LogP contribution in [0, 0.1) is 5.92 Å². The highest BCUT2D eigenvalue weighted by atomic mass is 16.6. The molecule has 0 rings (SSSR count). The molecule has 0 bridgehead atoms. The molecule has 4 nitrogen and oxygen atoms in total. The first-order valence-electron chi connectivity index (χ1n) is 5.35. The van der Waals surface area contributed by atoms with Crippen LogP contribution in [0.5, 0.6) is 0 Å². The summed E-state index contributed by atoms with van der Waals surface area (Å²) in [5.74, 6) is 0.424. The Kier molecular flexibility index (Phi) is 5.65. The molecule has 15 heavy (non-hydrogen) atoms. The number of amides is 1. The van der Waals surface area contributed by atoms with Crippen molar-refractivity contribution in [3.63, 3.8) is 0 Å². The van der Waals surface area contributed by atoms with Gasteiger partial charge >= 0.3 is 6.09 Å². The van der Waals surface area contributed by atoms with Gasteiger partial charge in [0, 0.05) is 13.6 Å². The Bertz CT molecular complexity index is 199. The Labute approximate surface area is 93.0 Å². The number of carbonyl (C=O) groups is 1. The first kappa shape index (κ1) is 14.2. The molecule has 0 heterocycles. The third kappa shape index (κ3) is 7.19. The van der Waals surface area contributed by atoms with Crippen LogP contribution in [0.3, 0.4) is 0 Å². The number of hydrogen-bond donors (Lipinski definition) is 1. The molecular formula is C11H24N2O2. The van der Waals surface area contributed by atoms with E-state index >= 15 is 0 Å². The van der Waals surface area contributed by atoms with Gasteiger partial charge in [-0.25, -0.2) is 4.79 Å². The Morgan fingerprint density at radius 3 is 2.40 bits per heavy atom. The van der Waals surface area contributed by atoms with Gasteiger partial charge < -0.3 is 15.0 Å². The maximum absolute atomic E-state index is 11.6. The Hall–Kier alpha value is -0.770. The molecule has 90 valence electrons. The molecule has 0 aromatic rings. The van der Waals surface area contributed by atoms with Gasteiger partial charge in [0.05, 0.1) is 0 Å². The molecule has 0 saturated carbocycles. The van der Waals surface area contributed by atoms with Crippen LogP contribution in [-0.4, -0.2) is 43.8 Å². The molecule has 0 aromatic carbocycles. The highest BCUT2D eigenvalue weighted by Crippen LogP contribution is 2.09. The van der Waals surface area contributed by atoms with E-state index < -0.39 is 5.60 Å². The van der Waals surface area contributed by atoms with E-state index in [-0.39, 0.29) is 6.09 Å². The lowest BCUT2D eigenvalue weighted by atomic mass is 10.2. The molecule has 1 atom stereocenters. The summed E-state index contributed by atoms with van der Waals surface area (Å²) in [4.78, 5) is 13.2. The average Bonchev–Trinajstić information content (AvgIpc) is 2.00. The van der Waals surface area contributed by atoms with Crippen LogP contribution in [0.1, 0.15) is 27.7 Å². The van der Waals surface area contributed by atoms with Crippen LogP contribution in [0.25, 0.3) is 0 Å². The molecule has 0 fully saturated rings. The zero-order chi connectivity index (χ0) is 12.1. The van der Waals surface area contributed by atoms with Crippen molar-refractivity contribution in [2.75, 3.05) is 27.2 Å². The molecule has 1 amide bonds. The summed E-state index contributed by atoms with van der Waals surface area (Å²) in [6, 6.07) is 0. The molecule has 0 aliphatic rings. The molecule has 1 unspecified atom stereocenters. The fourth-order valence-corrected chi connectivity index (χ4v) is 1.29. The van der Waals surface area contributed by atoms with Gasteiger partial charge in [-0.3, -0.25) is 0 Å². The SMILES string of the molecule is CNCC(C)CN(C)C(=O)OC(C)(C)C. The standard InChI is InChI=1S/C11H24N2O2/c1-9(7-12-5)8-13(6)10(14)15-11(2,3)4/h9,12H,7-8H2,1-6H3. The second-order valence-corrected chi connectivity index (χ2v) is 5.02. The van der Waals surface area contributed by atoms with Crippen molar-refractivity contribution < 1.29 is 9.53 Å². The monoisotopic (exact) mass is 216 g/mol. The Morgan fingerprint density at radius 1 is 1.47 bits per heavy atom. The molecule has 0 aliphatic heterocycles. The smallest absolute Gasteiger partial charge is 0.410 e. The van der Waals surface area contributed by atoms with E-state index in [2.05, 4.69) is 12.2 Å². The molecule has 4 heteroatoms. The molecule has 0 saturated heterocycles. The van der Waals surface area contributed by atoms with Gasteiger partial charge in [-0.15, -0.1) is 0 Å². The predicted molar refractivity (Wildman–Crippen MR) is 62.0 cm³/mol. The molecule has 0 aliphatic carbocycles. The minimum absolute atomic E-state index is 0.259. The van der Waals surface area contributed by atoms with Crippen LogP contribution in [0.15, 0.2) is 0 Å². The summed E-state index contributed by atoms with van der Waals surface area (Å²) in [6.07, 6.45) is -0.259. The average molecular weight is 216 g/mol. The van der Waals surface area contributed by atoms with E-state index in [0.29, 0.717) is 12.5 Å². The second-order valence-electron chi connectivity index (χ2n) is 5.02. The van der Waals surface area contributed by atoms with E-state index in [1.165, 1.54) is 0 Å². The van der Waals surface area contributed by atoms with E-state index in [1.807, 2.05) is 27.8 Å². The van der Waals surface area contributed by atoms with Crippen molar-refractivity contribution >= 4 is 6.09 Å². The number of nitrogens with zero attached hydrogens (tertiary/aromatic N) is 1. The highest BCUT2D eigenvalue weighted by Gasteiger charge is 2.20. The van der Waals surface area contributed by atoms with Gasteiger partial charge in [0.1, 0.15) is 5.60 Å². The van der Waals surface area contributed by atoms with Gasteiger partial charge in [-0.1, -0.05) is 6.92 Å². The van der Waals surface area contributed by atoms with E-state index in [9.17, 15) is 4.79 Å². The van der Waals surface area contributed by atoms with Gasteiger partial charge in [-0.05, 0) is 40.3 Å². The van der Waals surface area contributed by atoms with Crippen LogP contribution in [0.4, 0.5) is 4.79 Å². The quantitative estimate of drug-likeness (QED) is 0.778. The fourth-order valence-electron chi connectivity index (χ4n) is 1.29. The van der Waals surface area contributed by atoms with Crippen molar-refractivity contribution in [3.8, 4) is 0 Å². The summed E-state index contributed by atoms with van der Waals surface area (Å²) in [5.41, 5.74) is -0.419. The number of carbonyl (C=O) groups excluding carboxylic acids is 1. The van der Waals surface area contributed by atoms with E-state index in [0.717, 1.165) is 6.54 Å². The number of nitrogens with one attached hydrogen (secondary N) is 1. The second kappa shape index (κ2) is 5.95. The summed E-state index contributed by atoms with van der Waals surface area (Å²) in [7, 11) is 3.67. The van der Waals surface area contributed by atoms with E-state index in [4.69, 9.17) is 4.74 Å². The lowest BCUT2D eigenvalue weighted by Gasteiger charge is -2.26. The zero-order valence-corrected chi connectivity index (χ0v) is 10.8. The topological polar surface area (TPSA) is 41.6 Å². The zero-order valence-electron chi connectivity index (χ0n) is 10.8. The van der Waals surface area contributed by atoms with Crippen LogP contribution in [0.2, 0.25) is 0 Å². The summed E-state index contributed by atoms with van der Waals surface area (Å²) < 4.78 is 5.25. The first-order valence-corrected chi connectivity index (χ1v) is 5.35. The minimum atomic E-state index is -0.419. The maximum atomic E-state index is 11.6. The lowest BCUT2D eigenvalue weighted by Crippen LogP contribution is -2.38. The number of ether oxygens (including phenoxy) is 1. The Balaban J connectivity index is 3.99. The van der Waals surface area contributed by atoms with Gasteiger partial charge in [-0.2, -0.15) is 0 Å². The number of hydrogen-bond acceptors (Lipinski definition) is 3. The summed E-state index contributed by atoms with van der Waals surface area (Å²) in [6.45, 7) is 9.31. The lowest BCUT2D eigenvalue weighted by molar-refractivity contribution is 0.0277. The fraction of sp³-hybridized carbons (Fsp3) is 0.909. The maximum Gasteiger partial charge on any atom is 0.410 e. The predicted octanol–water partition coefficient (Wildman–Crippen LogP) is 1.71. The summed E-state index contributed by atoms with van der Waals surface area (Å²) >= 11 is 0. The minimum Gasteiger partial charge on any atom is -0.444 e. The van der Waals surface area contributed by atoms with Crippen LogP contribution in [-0.2, 0) is 4.74 Å². The van der Waals surface area contributed by atoms with Gasteiger partial charge in [0.2, 0.25) is 0 Å². The third-order valence-corrected chi connectivity index (χ3v) is 1.84. The number of rotatable bonds is 4. The van der Waals surface area contributed by atoms with Crippen LogP contribution < -0.4 is 5.32 Å². The third-order valence-electron chi connectivity index (χ3n) is 1.84. The molecule has 0 radical (unpaired) electrons. The van der Waals surface area contributed by atoms with Crippen molar-refractivity contribution in [3.05, 3.63) is 0 Å². The molecule has 1 N–H and O–H groups in total. The molecular weight excluding hydrogens is 192 g/mol. The van der Waals surface area contributed by atoms with Crippen molar-refractivity contribution in [2.24, 2.45) is 5.92 Å². The van der Waals surface area contributed by atoms with Gasteiger partial charge in [0.25, 0.3) is 0 Å². The highest BCUT2D eigenvalue weighted by molar-refractivity contribution is 5.67. The Morgan fingerprint density at radius 2 is 2.00 bits per heavy atom. The molecule has 0 aromatic heterocycles. The van der Waals surface area contributed by atoms with Crippen LogP contribution >= 0.6 is 0 Å². The van der Waals surface area contributed by atoms with Crippen molar-refractivity contribution in [2.45, 2.75) is 33.3 Å². The van der Waals surface area contributed by atoms with Gasteiger partial charge in [0.15, 0.2) is 0 Å².